The number of aryl methyl sites for hydroxylation is 1. The predicted octanol–water partition coefficient (Wildman–Crippen LogP) is 1.10. The predicted molar refractivity (Wildman–Crippen MR) is 74.5 cm³/mol. The van der Waals surface area contributed by atoms with Gasteiger partial charge in [0, 0.05) is 26.0 Å². The van der Waals surface area contributed by atoms with Gasteiger partial charge in [-0.15, -0.1) is 0 Å². The van der Waals surface area contributed by atoms with Crippen LogP contribution in [0.25, 0.3) is 0 Å². The summed E-state index contributed by atoms with van der Waals surface area (Å²) in [4.78, 5) is 18.3. The average molecular weight is 265 g/mol. The summed E-state index contributed by atoms with van der Waals surface area (Å²) in [6.45, 7) is 5.49. The molecule has 0 radical (unpaired) electrons. The smallest absolute Gasteiger partial charge is 0.239 e. The van der Waals surface area contributed by atoms with Crippen LogP contribution in [0.2, 0.25) is 0 Å². The van der Waals surface area contributed by atoms with E-state index in [1.54, 1.807) is 12.0 Å². The van der Waals surface area contributed by atoms with Crippen LogP contribution in [0.1, 0.15) is 24.7 Å². The molecule has 1 heterocycles. The minimum absolute atomic E-state index is 0.0529. The van der Waals surface area contributed by atoms with Crippen LogP contribution in [0.3, 0.4) is 0 Å². The molecule has 5 nitrogen and oxygen atoms in total. The molecule has 5 heteroatoms. The number of aromatic nitrogens is 1. The van der Waals surface area contributed by atoms with Crippen molar-refractivity contribution < 1.29 is 9.53 Å². The Morgan fingerprint density at radius 3 is 2.84 bits per heavy atom. The lowest BCUT2D eigenvalue weighted by molar-refractivity contribution is -0.133. The molecule has 19 heavy (non-hydrogen) atoms. The van der Waals surface area contributed by atoms with Crippen molar-refractivity contribution in [3.63, 3.8) is 0 Å². The Morgan fingerprint density at radius 1 is 1.53 bits per heavy atom. The van der Waals surface area contributed by atoms with Gasteiger partial charge in [-0.05, 0) is 32.4 Å². The molecular weight excluding hydrogens is 242 g/mol. The summed E-state index contributed by atoms with van der Waals surface area (Å²) in [5, 5.41) is 0. The molecule has 1 amide bonds. The summed E-state index contributed by atoms with van der Waals surface area (Å²) < 4.78 is 4.95. The summed E-state index contributed by atoms with van der Waals surface area (Å²) in [5.41, 5.74) is 7.70. The number of pyridine rings is 1. The third kappa shape index (κ3) is 4.96. The molecule has 0 fully saturated rings. The number of nitrogens with zero attached hydrogens (tertiary/aromatic N) is 2. The van der Waals surface area contributed by atoms with Crippen molar-refractivity contribution in [3.8, 4) is 0 Å². The number of methoxy groups -OCH3 is 1. The first kappa shape index (κ1) is 15.6. The van der Waals surface area contributed by atoms with Crippen molar-refractivity contribution >= 4 is 5.91 Å². The van der Waals surface area contributed by atoms with Crippen molar-refractivity contribution in [1.29, 1.82) is 0 Å². The molecule has 0 saturated carbocycles. The molecule has 1 aromatic rings. The van der Waals surface area contributed by atoms with Crippen LogP contribution in [0.5, 0.6) is 0 Å². The topological polar surface area (TPSA) is 68.5 Å². The minimum Gasteiger partial charge on any atom is -0.385 e. The second kappa shape index (κ2) is 7.86. The number of amides is 1. The third-order valence-corrected chi connectivity index (χ3v) is 2.94. The lowest BCUT2D eigenvalue weighted by atomic mass is 10.2. The van der Waals surface area contributed by atoms with Crippen LogP contribution in [0.15, 0.2) is 18.2 Å². The molecule has 0 bridgehead atoms. The highest BCUT2D eigenvalue weighted by molar-refractivity contribution is 5.81. The van der Waals surface area contributed by atoms with E-state index in [4.69, 9.17) is 10.5 Å². The number of nitrogens with two attached hydrogens (primary N) is 1. The Balaban J connectivity index is 2.64. The maximum atomic E-state index is 12.2. The molecule has 1 rings (SSSR count). The zero-order valence-electron chi connectivity index (χ0n) is 11.9. The first-order valence-corrected chi connectivity index (χ1v) is 6.54. The van der Waals surface area contributed by atoms with Crippen molar-refractivity contribution in [2.45, 2.75) is 32.9 Å². The van der Waals surface area contributed by atoms with Gasteiger partial charge in [0.2, 0.25) is 5.91 Å². The van der Waals surface area contributed by atoms with E-state index >= 15 is 0 Å². The fraction of sp³-hybridized carbons (Fsp3) is 0.571. The van der Waals surface area contributed by atoms with E-state index < -0.39 is 6.04 Å². The Morgan fingerprint density at radius 2 is 2.26 bits per heavy atom. The summed E-state index contributed by atoms with van der Waals surface area (Å²) >= 11 is 0. The summed E-state index contributed by atoms with van der Waals surface area (Å²) in [7, 11) is 1.60. The van der Waals surface area contributed by atoms with Gasteiger partial charge < -0.3 is 15.4 Å². The molecule has 2 N–H and O–H groups in total. The molecule has 1 unspecified atom stereocenters. The van der Waals surface area contributed by atoms with E-state index in [1.165, 1.54) is 0 Å². The lowest BCUT2D eigenvalue weighted by Gasteiger charge is -2.24. The Labute approximate surface area is 114 Å². The van der Waals surface area contributed by atoms with Crippen LogP contribution in [0.4, 0.5) is 0 Å². The Hall–Kier alpha value is -1.46. The zero-order valence-corrected chi connectivity index (χ0v) is 11.9. The van der Waals surface area contributed by atoms with Crippen molar-refractivity contribution in [2.75, 3.05) is 20.3 Å². The zero-order chi connectivity index (χ0) is 14.3. The molecule has 106 valence electrons. The first-order valence-electron chi connectivity index (χ1n) is 6.54. The van der Waals surface area contributed by atoms with Crippen molar-refractivity contribution in [3.05, 3.63) is 29.6 Å². The van der Waals surface area contributed by atoms with Crippen LogP contribution in [0, 0.1) is 6.92 Å². The second-order valence-corrected chi connectivity index (χ2v) is 4.51. The van der Waals surface area contributed by atoms with E-state index in [1.807, 2.05) is 32.0 Å². The number of hydrogen-bond donors (Lipinski definition) is 1. The van der Waals surface area contributed by atoms with Gasteiger partial charge >= 0.3 is 0 Å². The van der Waals surface area contributed by atoms with E-state index in [0.29, 0.717) is 26.1 Å². The van der Waals surface area contributed by atoms with Crippen molar-refractivity contribution in [1.82, 2.24) is 9.88 Å². The van der Waals surface area contributed by atoms with E-state index in [0.717, 1.165) is 11.4 Å². The van der Waals surface area contributed by atoms with E-state index in [9.17, 15) is 4.79 Å². The van der Waals surface area contributed by atoms with Gasteiger partial charge in [0.15, 0.2) is 0 Å². The van der Waals surface area contributed by atoms with Gasteiger partial charge in [-0.3, -0.25) is 9.78 Å². The normalized spacial score (nSPS) is 12.2. The number of rotatable bonds is 7. The lowest BCUT2D eigenvalue weighted by Crippen LogP contribution is -2.44. The molecule has 0 aliphatic rings. The number of ether oxygens (including phenoxy) is 1. The summed E-state index contributed by atoms with van der Waals surface area (Å²) in [5.74, 6) is -0.0529. The van der Waals surface area contributed by atoms with E-state index in [-0.39, 0.29) is 5.91 Å². The van der Waals surface area contributed by atoms with Gasteiger partial charge in [-0.2, -0.15) is 0 Å². The van der Waals surface area contributed by atoms with Gasteiger partial charge in [0.05, 0.1) is 18.3 Å². The van der Waals surface area contributed by atoms with Gasteiger partial charge in [-0.25, -0.2) is 0 Å². The largest absolute Gasteiger partial charge is 0.385 e. The molecule has 1 atom stereocenters. The van der Waals surface area contributed by atoms with Gasteiger partial charge in [0.1, 0.15) is 0 Å². The highest BCUT2D eigenvalue weighted by atomic mass is 16.5. The molecule has 0 spiro atoms. The fourth-order valence-corrected chi connectivity index (χ4v) is 1.83. The molecule has 0 aromatic carbocycles. The number of likely N-dealkylation sites (N-methyl/N-ethyl adjacent to an activating group) is 1. The Kier molecular flexibility index (Phi) is 6.45. The maximum absolute atomic E-state index is 12.2. The average Bonchev–Trinajstić information content (AvgIpc) is 2.41. The highest BCUT2D eigenvalue weighted by Crippen LogP contribution is 2.06. The standard InChI is InChI=1S/C14H23N3O2/c1-4-17(14(18)13(15)8-9-19-3)10-12-7-5-6-11(2)16-12/h5-7,13H,4,8-10,15H2,1-3H3. The SMILES string of the molecule is CCN(Cc1cccc(C)n1)C(=O)C(N)CCOC. The Bertz CT molecular complexity index is 409. The third-order valence-electron chi connectivity index (χ3n) is 2.94. The molecule has 0 saturated heterocycles. The molecule has 0 aliphatic heterocycles. The number of hydrogen-bond acceptors (Lipinski definition) is 4. The monoisotopic (exact) mass is 265 g/mol. The molecule has 1 aromatic heterocycles. The van der Waals surface area contributed by atoms with Crippen LogP contribution in [-0.2, 0) is 16.1 Å². The summed E-state index contributed by atoms with van der Waals surface area (Å²) in [6.07, 6.45) is 0.535. The van der Waals surface area contributed by atoms with Crippen LogP contribution in [-0.4, -0.2) is 42.1 Å². The first-order chi connectivity index (χ1) is 9.08. The quantitative estimate of drug-likeness (QED) is 0.801. The molecule has 0 aliphatic carbocycles. The fourth-order valence-electron chi connectivity index (χ4n) is 1.83. The second-order valence-electron chi connectivity index (χ2n) is 4.51. The van der Waals surface area contributed by atoms with Gasteiger partial charge in [0.25, 0.3) is 0 Å². The summed E-state index contributed by atoms with van der Waals surface area (Å²) in [6, 6.07) is 5.29. The van der Waals surface area contributed by atoms with Crippen LogP contribution >= 0.6 is 0 Å². The number of carbonyl (C=O) groups is 1. The maximum Gasteiger partial charge on any atom is 0.239 e. The van der Waals surface area contributed by atoms with Gasteiger partial charge in [-0.1, -0.05) is 6.07 Å². The van der Waals surface area contributed by atoms with Crippen LogP contribution < -0.4 is 5.73 Å². The highest BCUT2D eigenvalue weighted by Gasteiger charge is 2.20. The minimum atomic E-state index is -0.510. The van der Waals surface area contributed by atoms with E-state index in [2.05, 4.69) is 4.98 Å². The molecular formula is C14H23N3O2. The number of carbonyl (C=O) groups excluding carboxylic acids is 1. The van der Waals surface area contributed by atoms with Crippen molar-refractivity contribution in [2.24, 2.45) is 5.73 Å².